The molecule has 0 spiro atoms. The van der Waals surface area contributed by atoms with Gasteiger partial charge in [-0.15, -0.1) is 11.3 Å². The Morgan fingerprint density at radius 3 is 2.16 bits per heavy atom. The Balaban J connectivity index is 1.73. The molecular weight excluding hydrogens is 452 g/mol. The standard InChI is InChI=1S/C22H22N2O6S2/c1-14-4-6-15(7-5-14)20-24-18(13-31-20)8-9-23-32(27,28)19-11-16(21(25)29-2)10-17(12-19)22(26)30-3/h4-7,10-13,23H,8-9H2,1-3H3. The maximum Gasteiger partial charge on any atom is 0.337 e. The highest BCUT2D eigenvalue weighted by Gasteiger charge is 2.21. The SMILES string of the molecule is COC(=O)c1cc(C(=O)OC)cc(S(=O)(=O)NCCc2csc(-c3ccc(C)cc3)n2)c1. The normalized spacial score (nSPS) is 11.2. The van der Waals surface area contributed by atoms with E-state index < -0.39 is 22.0 Å². The number of carbonyl (C=O) groups excluding carboxylic acids is 2. The maximum absolute atomic E-state index is 12.8. The minimum atomic E-state index is -4.00. The monoisotopic (exact) mass is 474 g/mol. The molecule has 0 aliphatic rings. The van der Waals surface area contributed by atoms with E-state index in [0.717, 1.165) is 48.2 Å². The van der Waals surface area contributed by atoms with Gasteiger partial charge in [0.1, 0.15) is 5.01 Å². The third-order valence-corrected chi connectivity index (χ3v) is 6.96. The second-order valence-electron chi connectivity index (χ2n) is 6.89. The summed E-state index contributed by atoms with van der Waals surface area (Å²) in [5.74, 6) is -1.53. The Morgan fingerprint density at radius 2 is 1.59 bits per heavy atom. The van der Waals surface area contributed by atoms with E-state index in [1.165, 1.54) is 17.4 Å². The summed E-state index contributed by atoms with van der Waals surface area (Å²) >= 11 is 1.49. The third kappa shape index (κ3) is 5.58. The van der Waals surface area contributed by atoms with Gasteiger partial charge in [-0.3, -0.25) is 0 Å². The number of nitrogens with one attached hydrogen (secondary N) is 1. The number of sulfonamides is 1. The molecule has 3 rings (SSSR count). The summed E-state index contributed by atoms with van der Waals surface area (Å²) in [6, 6.07) is 11.5. The van der Waals surface area contributed by atoms with Gasteiger partial charge in [0, 0.05) is 23.9 Å². The quantitative estimate of drug-likeness (QED) is 0.499. The summed E-state index contributed by atoms with van der Waals surface area (Å²) in [4.78, 5) is 28.1. The average molecular weight is 475 g/mol. The Labute approximate surface area is 190 Å². The lowest BCUT2D eigenvalue weighted by Crippen LogP contribution is -2.26. The zero-order valence-electron chi connectivity index (χ0n) is 17.7. The van der Waals surface area contributed by atoms with Gasteiger partial charge in [-0.1, -0.05) is 29.8 Å². The Hall–Kier alpha value is -3.08. The molecule has 0 aliphatic heterocycles. The molecule has 1 heterocycles. The van der Waals surface area contributed by atoms with Gasteiger partial charge in [0.25, 0.3) is 0 Å². The minimum absolute atomic E-state index is 0.0713. The van der Waals surface area contributed by atoms with Crippen LogP contribution in [0, 0.1) is 6.92 Å². The first kappa shape index (κ1) is 23.6. The lowest BCUT2D eigenvalue weighted by Gasteiger charge is -2.10. The molecule has 8 nitrogen and oxygen atoms in total. The van der Waals surface area contributed by atoms with Crippen LogP contribution < -0.4 is 4.72 Å². The highest BCUT2D eigenvalue weighted by molar-refractivity contribution is 7.89. The number of methoxy groups -OCH3 is 2. The number of hydrogen-bond acceptors (Lipinski definition) is 8. The van der Waals surface area contributed by atoms with Gasteiger partial charge in [0.15, 0.2) is 0 Å². The molecule has 1 N–H and O–H groups in total. The molecule has 0 fully saturated rings. The van der Waals surface area contributed by atoms with Gasteiger partial charge < -0.3 is 9.47 Å². The first-order chi connectivity index (χ1) is 15.2. The number of rotatable bonds is 8. The topological polar surface area (TPSA) is 112 Å². The summed E-state index contributed by atoms with van der Waals surface area (Å²) in [5.41, 5.74) is 2.77. The van der Waals surface area contributed by atoms with Crippen molar-refractivity contribution in [1.82, 2.24) is 9.71 Å². The van der Waals surface area contributed by atoms with E-state index in [1.807, 2.05) is 36.6 Å². The van der Waals surface area contributed by atoms with Crippen LogP contribution in [0.15, 0.2) is 52.7 Å². The van der Waals surface area contributed by atoms with E-state index in [1.54, 1.807) is 0 Å². The molecule has 0 saturated heterocycles. The van der Waals surface area contributed by atoms with Crippen molar-refractivity contribution in [2.45, 2.75) is 18.2 Å². The fourth-order valence-corrected chi connectivity index (χ4v) is 4.83. The second-order valence-corrected chi connectivity index (χ2v) is 9.51. The summed E-state index contributed by atoms with van der Waals surface area (Å²) in [7, 11) is -1.67. The van der Waals surface area contributed by atoms with Crippen molar-refractivity contribution >= 4 is 33.3 Å². The van der Waals surface area contributed by atoms with Crippen molar-refractivity contribution in [3.8, 4) is 10.6 Å². The number of thiazole rings is 1. The van der Waals surface area contributed by atoms with Crippen molar-refractivity contribution in [2.75, 3.05) is 20.8 Å². The fraction of sp³-hybridized carbons (Fsp3) is 0.227. The summed E-state index contributed by atoms with van der Waals surface area (Å²) < 4.78 is 37.3. The van der Waals surface area contributed by atoms with Crippen molar-refractivity contribution in [3.05, 3.63) is 70.2 Å². The summed E-state index contributed by atoms with van der Waals surface area (Å²) in [5, 5.41) is 2.74. The van der Waals surface area contributed by atoms with E-state index in [2.05, 4.69) is 19.2 Å². The molecule has 0 bridgehead atoms. The van der Waals surface area contributed by atoms with E-state index >= 15 is 0 Å². The molecule has 0 unspecified atom stereocenters. The first-order valence-electron chi connectivity index (χ1n) is 9.56. The molecular formula is C22H22N2O6S2. The van der Waals surface area contributed by atoms with Crippen LogP contribution in [-0.4, -0.2) is 46.1 Å². The van der Waals surface area contributed by atoms with Crippen LogP contribution in [0.4, 0.5) is 0 Å². The van der Waals surface area contributed by atoms with Crippen molar-refractivity contribution in [3.63, 3.8) is 0 Å². The second kappa shape index (κ2) is 10.0. The number of ether oxygens (including phenoxy) is 2. The van der Waals surface area contributed by atoms with Gasteiger partial charge in [-0.2, -0.15) is 0 Å². The molecule has 3 aromatic rings. The largest absolute Gasteiger partial charge is 0.465 e. The van der Waals surface area contributed by atoms with E-state index in [0.29, 0.717) is 6.42 Å². The molecule has 0 amide bonds. The smallest absolute Gasteiger partial charge is 0.337 e. The van der Waals surface area contributed by atoms with Crippen LogP contribution in [0.5, 0.6) is 0 Å². The van der Waals surface area contributed by atoms with Crippen molar-refractivity contribution in [1.29, 1.82) is 0 Å². The molecule has 0 aliphatic carbocycles. The molecule has 32 heavy (non-hydrogen) atoms. The fourth-order valence-electron chi connectivity index (χ4n) is 2.87. The van der Waals surface area contributed by atoms with Gasteiger partial charge in [-0.25, -0.2) is 27.7 Å². The Bertz CT molecular complexity index is 1200. The number of hydrogen-bond donors (Lipinski definition) is 1. The first-order valence-corrected chi connectivity index (χ1v) is 11.9. The van der Waals surface area contributed by atoms with Crippen LogP contribution in [0.25, 0.3) is 10.6 Å². The number of carbonyl (C=O) groups is 2. The van der Waals surface area contributed by atoms with Gasteiger partial charge in [0.05, 0.1) is 35.9 Å². The van der Waals surface area contributed by atoms with Gasteiger partial charge in [0.2, 0.25) is 10.0 Å². The lowest BCUT2D eigenvalue weighted by atomic mass is 10.1. The predicted octanol–water partition coefficient (Wildman–Crippen LogP) is 3.21. The summed E-state index contributed by atoms with van der Waals surface area (Å²) in [6.07, 6.45) is 0.377. The molecule has 168 valence electrons. The highest BCUT2D eigenvalue weighted by Crippen LogP contribution is 2.24. The van der Waals surface area contributed by atoms with Crippen LogP contribution in [-0.2, 0) is 25.9 Å². The van der Waals surface area contributed by atoms with E-state index in [4.69, 9.17) is 0 Å². The van der Waals surface area contributed by atoms with Crippen LogP contribution >= 0.6 is 11.3 Å². The van der Waals surface area contributed by atoms with Crippen LogP contribution in [0.2, 0.25) is 0 Å². The van der Waals surface area contributed by atoms with Crippen molar-refractivity contribution < 1.29 is 27.5 Å². The number of aryl methyl sites for hydroxylation is 1. The van der Waals surface area contributed by atoms with Crippen molar-refractivity contribution in [2.24, 2.45) is 0 Å². The molecule has 2 aromatic carbocycles. The third-order valence-electron chi connectivity index (χ3n) is 4.58. The van der Waals surface area contributed by atoms with E-state index in [9.17, 15) is 18.0 Å². The number of aromatic nitrogens is 1. The minimum Gasteiger partial charge on any atom is -0.465 e. The average Bonchev–Trinajstić information content (AvgIpc) is 3.26. The highest BCUT2D eigenvalue weighted by atomic mass is 32.2. The molecule has 1 aromatic heterocycles. The Morgan fingerprint density at radius 1 is 1.00 bits per heavy atom. The zero-order valence-corrected chi connectivity index (χ0v) is 19.4. The number of benzene rings is 2. The number of nitrogens with zero attached hydrogens (tertiary/aromatic N) is 1. The van der Waals surface area contributed by atoms with Crippen LogP contribution in [0.1, 0.15) is 32.0 Å². The van der Waals surface area contributed by atoms with Gasteiger partial charge >= 0.3 is 11.9 Å². The summed E-state index contributed by atoms with van der Waals surface area (Å²) in [6.45, 7) is 2.10. The zero-order chi connectivity index (χ0) is 23.3. The van der Waals surface area contributed by atoms with Crippen LogP contribution in [0.3, 0.4) is 0 Å². The maximum atomic E-state index is 12.8. The molecule has 0 radical (unpaired) electrons. The predicted molar refractivity (Wildman–Crippen MR) is 120 cm³/mol. The molecule has 0 saturated carbocycles. The van der Waals surface area contributed by atoms with E-state index in [-0.39, 0.29) is 22.6 Å². The lowest BCUT2D eigenvalue weighted by molar-refractivity contribution is 0.0598. The van der Waals surface area contributed by atoms with Gasteiger partial charge in [-0.05, 0) is 25.1 Å². The number of esters is 2. The Kier molecular flexibility index (Phi) is 7.39. The molecule has 10 heteroatoms. The molecule has 0 atom stereocenters.